The standard InChI is InChI=1S/C40H40N6O5/c1-4-51-40(49)28-18-42-29-13-22(9-11-27(29)37(28)47)23-7-8-24-16-33(45(32(24)15-23)19-21-5-6-21)38-43-30-14-26(17-34(50-3)36(30)44(38)2)39(48)46-20-25-10-12-31(46)35(25)41/h7-9,11,13-18,21,25,31,35H,4-6,10,12,19-20,41H2,1-3H3,(H,42,47)/t25?,31?,35-/m1/s1. The smallest absolute Gasteiger partial charge is 0.343 e. The minimum atomic E-state index is -0.599. The Morgan fingerprint density at radius 1 is 1.00 bits per heavy atom. The number of carbonyl (C=O) groups is 2. The number of likely N-dealkylation sites (tertiary alicyclic amines) is 1. The zero-order chi connectivity index (χ0) is 35.1. The molecule has 1 aliphatic heterocycles. The molecule has 3 aromatic heterocycles. The number of methoxy groups -OCH3 is 1. The molecule has 4 heterocycles. The number of hydrogen-bond donors (Lipinski definition) is 2. The lowest BCUT2D eigenvalue weighted by Crippen LogP contribution is -2.41. The molecular formula is C40H40N6O5. The number of esters is 1. The van der Waals surface area contributed by atoms with Gasteiger partial charge in [0.2, 0.25) is 0 Å². The monoisotopic (exact) mass is 684 g/mol. The van der Waals surface area contributed by atoms with Crippen LogP contribution in [0, 0.1) is 11.8 Å². The molecule has 6 aromatic rings. The molecule has 9 rings (SSSR count). The normalized spacial score (nSPS) is 19.8. The summed E-state index contributed by atoms with van der Waals surface area (Å²) >= 11 is 0. The molecule has 11 nitrogen and oxygen atoms in total. The third kappa shape index (κ3) is 5.04. The Labute approximate surface area is 294 Å². The number of carbonyl (C=O) groups excluding carboxylic acids is 2. The summed E-state index contributed by atoms with van der Waals surface area (Å²) in [6, 6.07) is 18.2. The van der Waals surface area contributed by atoms with Gasteiger partial charge in [-0.3, -0.25) is 9.78 Å². The van der Waals surface area contributed by atoms with E-state index in [9.17, 15) is 14.7 Å². The highest BCUT2D eigenvalue weighted by molar-refractivity contribution is 6.02. The van der Waals surface area contributed by atoms with E-state index in [0.717, 1.165) is 58.5 Å². The first-order chi connectivity index (χ1) is 24.7. The van der Waals surface area contributed by atoms with Crippen molar-refractivity contribution in [3.63, 3.8) is 0 Å². The topological polar surface area (TPSA) is 138 Å². The molecule has 1 saturated heterocycles. The summed E-state index contributed by atoms with van der Waals surface area (Å²) in [6.07, 6.45) is 5.79. The Morgan fingerprint density at radius 3 is 2.53 bits per heavy atom. The van der Waals surface area contributed by atoms with E-state index in [-0.39, 0.29) is 35.9 Å². The van der Waals surface area contributed by atoms with Crippen LogP contribution in [0.15, 0.2) is 60.8 Å². The van der Waals surface area contributed by atoms with Gasteiger partial charge in [-0.15, -0.1) is 0 Å². The molecule has 51 heavy (non-hydrogen) atoms. The van der Waals surface area contributed by atoms with Crippen LogP contribution in [0.2, 0.25) is 0 Å². The lowest BCUT2D eigenvalue weighted by molar-refractivity contribution is 0.0522. The van der Waals surface area contributed by atoms with Crippen LogP contribution in [0.3, 0.4) is 0 Å². The average molecular weight is 685 g/mol. The highest BCUT2D eigenvalue weighted by Gasteiger charge is 2.47. The molecule has 3 aromatic carbocycles. The maximum Gasteiger partial charge on any atom is 0.343 e. The molecule has 3 fully saturated rings. The number of benzene rings is 3. The zero-order valence-electron chi connectivity index (χ0n) is 28.9. The average Bonchev–Trinajstić information content (AvgIpc) is 3.54. The van der Waals surface area contributed by atoms with Crippen LogP contribution < -0.4 is 10.5 Å². The number of fused-ring (bicyclic) bond motifs is 5. The van der Waals surface area contributed by atoms with Crippen molar-refractivity contribution >= 4 is 44.7 Å². The van der Waals surface area contributed by atoms with E-state index in [0.29, 0.717) is 46.1 Å². The van der Waals surface area contributed by atoms with Gasteiger partial charge in [-0.25, -0.2) is 9.78 Å². The lowest BCUT2D eigenvalue weighted by atomic mass is 10.0. The fourth-order valence-electron chi connectivity index (χ4n) is 8.36. The minimum absolute atomic E-state index is 0.0148. The highest BCUT2D eigenvalue weighted by atomic mass is 16.5. The van der Waals surface area contributed by atoms with E-state index in [1.54, 1.807) is 20.1 Å². The molecule has 2 saturated carbocycles. The van der Waals surface area contributed by atoms with Gasteiger partial charge in [0.1, 0.15) is 22.6 Å². The highest BCUT2D eigenvalue weighted by Crippen LogP contribution is 2.41. The zero-order valence-corrected chi connectivity index (χ0v) is 28.9. The van der Waals surface area contributed by atoms with Crippen LogP contribution in [0.25, 0.3) is 55.5 Å². The number of ether oxygens (including phenoxy) is 2. The van der Waals surface area contributed by atoms with E-state index in [1.807, 2.05) is 36.2 Å². The molecule has 0 radical (unpaired) electrons. The van der Waals surface area contributed by atoms with E-state index >= 15 is 0 Å². The van der Waals surface area contributed by atoms with Gasteiger partial charge >= 0.3 is 5.97 Å². The number of aromatic nitrogens is 4. The van der Waals surface area contributed by atoms with Crippen molar-refractivity contribution in [3.8, 4) is 34.1 Å². The molecule has 3 aliphatic rings. The Balaban J connectivity index is 1.12. The van der Waals surface area contributed by atoms with Crippen molar-refractivity contribution in [1.82, 2.24) is 24.0 Å². The van der Waals surface area contributed by atoms with Crippen molar-refractivity contribution in [3.05, 3.63) is 71.9 Å². The second-order valence-corrected chi connectivity index (χ2v) is 14.3. The van der Waals surface area contributed by atoms with E-state index < -0.39 is 5.97 Å². The van der Waals surface area contributed by atoms with Crippen LogP contribution in [0.4, 0.5) is 0 Å². The molecular weight excluding hydrogens is 644 g/mol. The molecule has 2 aliphatic carbocycles. The van der Waals surface area contributed by atoms with Crippen LogP contribution in [-0.4, -0.2) is 73.3 Å². The van der Waals surface area contributed by atoms with Gasteiger partial charge in [-0.05, 0) is 92.0 Å². The van der Waals surface area contributed by atoms with Gasteiger partial charge in [0.25, 0.3) is 5.91 Å². The summed E-state index contributed by atoms with van der Waals surface area (Å²) in [4.78, 5) is 37.7. The summed E-state index contributed by atoms with van der Waals surface area (Å²) < 4.78 is 15.4. The van der Waals surface area contributed by atoms with Crippen LogP contribution >= 0.6 is 0 Å². The number of aryl methyl sites for hydroxylation is 1. The number of rotatable bonds is 8. The van der Waals surface area contributed by atoms with Crippen LogP contribution in [-0.2, 0) is 18.3 Å². The van der Waals surface area contributed by atoms with E-state index in [1.165, 1.54) is 19.0 Å². The van der Waals surface area contributed by atoms with Gasteiger partial charge < -0.3 is 34.3 Å². The lowest BCUT2D eigenvalue weighted by Gasteiger charge is -2.27. The molecule has 11 heteroatoms. The van der Waals surface area contributed by atoms with Gasteiger partial charge in [0.05, 0.1) is 30.4 Å². The van der Waals surface area contributed by atoms with Crippen molar-refractivity contribution in [2.45, 2.75) is 51.2 Å². The number of nitrogens with two attached hydrogens (primary N) is 1. The molecule has 3 N–H and O–H groups in total. The minimum Gasteiger partial charge on any atom is -0.506 e. The maximum atomic E-state index is 13.8. The van der Waals surface area contributed by atoms with Gasteiger partial charge in [-0.2, -0.15) is 0 Å². The van der Waals surface area contributed by atoms with E-state index in [2.05, 4.69) is 38.4 Å². The van der Waals surface area contributed by atoms with Gasteiger partial charge in [0.15, 0.2) is 5.82 Å². The van der Waals surface area contributed by atoms with Crippen molar-refractivity contribution in [1.29, 1.82) is 0 Å². The Hall–Kier alpha value is -5.42. The fraction of sp³-hybridized carbons (Fsp3) is 0.350. The molecule has 260 valence electrons. The first kappa shape index (κ1) is 31.6. The summed E-state index contributed by atoms with van der Waals surface area (Å²) in [5.74, 6) is 1.64. The van der Waals surface area contributed by atoms with E-state index in [4.69, 9.17) is 20.2 Å². The largest absolute Gasteiger partial charge is 0.506 e. The van der Waals surface area contributed by atoms with Gasteiger partial charge in [0, 0.05) is 60.3 Å². The number of pyridine rings is 1. The number of aromatic hydroxyl groups is 1. The second kappa shape index (κ2) is 11.8. The Bertz CT molecular complexity index is 2410. The second-order valence-electron chi connectivity index (χ2n) is 14.3. The molecule has 2 unspecified atom stereocenters. The number of piperidine rings is 1. The quantitative estimate of drug-likeness (QED) is 0.179. The number of amides is 1. The molecule has 3 atom stereocenters. The van der Waals surface area contributed by atoms with Crippen molar-refractivity contribution < 1.29 is 24.2 Å². The molecule has 0 spiro atoms. The number of imidazole rings is 1. The predicted octanol–water partition coefficient (Wildman–Crippen LogP) is 6.27. The van der Waals surface area contributed by atoms with Crippen LogP contribution in [0.5, 0.6) is 11.5 Å². The number of hydrogen-bond acceptors (Lipinski definition) is 8. The summed E-state index contributed by atoms with van der Waals surface area (Å²) in [5, 5.41) is 12.4. The summed E-state index contributed by atoms with van der Waals surface area (Å²) in [7, 11) is 3.64. The maximum absolute atomic E-state index is 13.8. The summed E-state index contributed by atoms with van der Waals surface area (Å²) in [6.45, 7) is 3.51. The van der Waals surface area contributed by atoms with Crippen molar-refractivity contribution in [2.75, 3.05) is 20.3 Å². The molecule has 2 bridgehead atoms. The third-order valence-corrected chi connectivity index (χ3v) is 11.3. The third-order valence-electron chi connectivity index (χ3n) is 11.3. The van der Waals surface area contributed by atoms with Crippen LogP contribution in [0.1, 0.15) is 53.3 Å². The summed E-state index contributed by atoms with van der Waals surface area (Å²) in [5.41, 5.74) is 13.2. The first-order valence-electron chi connectivity index (χ1n) is 17.8. The SMILES string of the molecule is CCOC(=O)c1cnc2cc(-c3ccc4cc(-c5nc6cc(C(=O)N7CC8CCC7[C@@H]8N)cc(OC)c6n5C)n(CC5CC5)c4c3)ccc2c1O. The van der Waals surface area contributed by atoms with Crippen molar-refractivity contribution in [2.24, 2.45) is 24.6 Å². The first-order valence-corrected chi connectivity index (χ1v) is 17.8. The number of nitrogens with zero attached hydrogens (tertiary/aromatic N) is 5. The Kier molecular flexibility index (Phi) is 7.32. The predicted molar refractivity (Wildman–Crippen MR) is 195 cm³/mol. The molecule has 1 amide bonds. The van der Waals surface area contributed by atoms with Gasteiger partial charge in [-0.1, -0.05) is 18.2 Å². The Morgan fingerprint density at radius 2 is 1.80 bits per heavy atom. The fourth-order valence-corrected chi connectivity index (χ4v) is 8.36.